The number of aryl methyl sites for hydroxylation is 1. The topological polar surface area (TPSA) is 63.7 Å². The second-order valence-corrected chi connectivity index (χ2v) is 12.2. The highest BCUT2D eigenvalue weighted by molar-refractivity contribution is 7.91. The van der Waals surface area contributed by atoms with Gasteiger partial charge in [-0.25, -0.2) is 8.42 Å². The third-order valence-corrected chi connectivity index (χ3v) is 8.77. The molecule has 3 aromatic rings. The Kier molecular flexibility index (Phi) is 8.28. The number of rotatable bonds is 8. The normalized spacial score (nSPS) is 17.5. The molecule has 0 radical (unpaired) electrons. The van der Waals surface area contributed by atoms with Crippen molar-refractivity contribution in [3.05, 3.63) is 87.9 Å². The van der Waals surface area contributed by atoms with Crippen molar-refractivity contribution in [2.45, 2.75) is 45.4 Å². The second kappa shape index (κ2) is 11.2. The Labute approximate surface area is 222 Å². The molecule has 8 heteroatoms. The summed E-state index contributed by atoms with van der Waals surface area (Å²) in [5, 5.41) is 1.12. The molecule has 3 aromatic carbocycles. The van der Waals surface area contributed by atoms with Crippen molar-refractivity contribution in [3.63, 3.8) is 0 Å². The van der Waals surface area contributed by atoms with Crippen LogP contribution in [-0.2, 0) is 27.6 Å². The molecule has 1 aliphatic rings. The minimum atomic E-state index is -3.17. The lowest BCUT2D eigenvalue weighted by atomic mass is 10.0. The van der Waals surface area contributed by atoms with Crippen molar-refractivity contribution in [2.24, 2.45) is 0 Å². The molecule has 4 rings (SSSR count). The fourth-order valence-corrected chi connectivity index (χ4v) is 6.66. The van der Waals surface area contributed by atoms with Crippen LogP contribution in [-0.4, -0.2) is 42.9 Å². The van der Waals surface area contributed by atoms with Crippen molar-refractivity contribution < 1.29 is 17.9 Å². The van der Waals surface area contributed by atoms with Gasteiger partial charge in [0.2, 0.25) is 0 Å². The first kappa shape index (κ1) is 26.5. The van der Waals surface area contributed by atoms with Gasteiger partial charge in [-0.05, 0) is 60.7 Å². The van der Waals surface area contributed by atoms with E-state index >= 15 is 0 Å². The average Bonchev–Trinajstić information content (AvgIpc) is 3.22. The molecule has 1 aliphatic heterocycles. The fraction of sp³-hybridized carbons (Fsp3) is 0.321. The SMILES string of the molecule is CCc1ccc(OC(C)C(=O)N(Cc2ccc(-c3ccc(Cl)cc3Cl)cc2)C2CCS(=O)(=O)C2)cc1. The molecule has 1 saturated heterocycles. The summed E-state index contributed by atoms with van der Waals surface area (Å²) in [5.74, 6) is 0.427. The molecular weight excluding hydrogens is 517 g/mol. The van der Waals surface area contributed by atoms with Crippen molar-refractivity contribution in [1.29, 1.82) is 0 Å². The summed E-state index contributed by atoms with van der Waals surface area (Å²) in [5.41, 5.74) is 3.86. The van der Waals surface area contributed by atoms with Gasteiger partial charge in [-0.15, -0.1) is 0 Å². The predicted octanol–water partition coefficient (Wildman–Crippen LogP) is 6.21. The van der Waals surface area contributed by atoms with Gasteiger partial charge in [-0.1, -0.05) is 72.6 Å². The molecule has 0 aromatic heterocycles. The highest BCUT2D eigenvalue weighted by Gasteiger charge is 2.36. The molecular formula is C28H29Cl2NO4S. The van der Waals surface area contributed by atoms with Gasteiger partial charge < -0.3 is 9.64 Å². The molecule has 0 bridgehead atoms. The number of hydrogen-bond acceptors (Lipinski definition) is 4. The quantitative estimate of drug-likeness (QED) is 0.337. The first-order valence-electron chi connectivity index (χ1n) is 12.0. The third-order valence-electron chi connectivity index (χ3n) is 6.47. The highest BCUT2D eigenvalue weighted by Crippen LogP contribution is 2.31. The molecule has 190 valence electrons. The van der Waals surface area contributed by atoms with E-state index in [0.29, 0.717) is 22.2 Å². The minimum absolute atomic E-state index is 0.0326. The van der Waals surface area contributed by atoms with E-state index in [9.17, 15) is 13.2 Å². The highest BCUT2D eigenvalue weighted by atomic mass is 35.5. The van der Waals surface area contributed by atoms with E-state index in [-0.39, 0.29) is 30.0 Å². The molecule has 0 spiro atoms. The maximum atomic E-state index is 13.5. The van der Waals surface area contributed by atoms with Crippen LogP contribution in [0.1, 0.15) is 31.4 Å². The van der Waals surface area contributed by atoms with Gasteiger partial charge in [0, 0.05) is 28.2 Å². The van der Waals surface area contributed by atoms with E-state index in [1.54, 1.807) is 24.0 Å². The summed E-state index contributed by atoms with van der Waals surface area (Å²) in [6.45, 7) is 4.07. The van der Waals surface area contributed by atoms with E-state index in [2.05, 4.69) is 6.92 Å². The summed E-state index contributed by atoms with van der Waals surface area (Å²) in [6, 6.07) is 20.4. The van der Waals surface area contributed by atoms with E-state index in [0.717, 1.165) is 23.1 Å². The number of nitrogens with zero attached hydrogens (tertiary/aromatic N) is 1. The summed E-state index contributed by atoms with van der Waals surface area (Å²) in [6.07, 6.45) is 0.583. The van der Waals surface area contributed by atoms with E-state index in [1.807, 2.05) is 54.6 Å². The smallest absolute Gasteiger partial charge is 0.263 e. The predicted molar refractivity (Wildman–Crippen MR) is 145 cm³/mol. The van der Waals surface area contributed by atoms with Crippen LogP contribution in [0.25, 0.3) is 11.1 Å². The van der Waals surface area contributed by atoms with Crippen LogP contribution in [0.5, 0.6) is 5.75 Å². The van der Waals surface area contributed by atoms with Crippen molar-refractivity contribution in [1.82, 2.24) is 4.90 Å². The van der Waals surface area contributed by atoms with Crippen LogP contribution in [0.15, 0.2) is 66.7 Å². The molecule has 0 saturated carbocycles. The average molecular weight is 547 g/mol. The number of carbonyl (C=O) groups is 1. The van der Waals surface area contributed by atoms with E-state index in [4.69, 9.17) is 27.9 Å². The summed E-state index contributed by atoms with van der Waals surface area (Å²) in [4.78, 5) is 15.2. The summed E-state index contributed by atoms with van der Waals surface area (Å²) < 4.78 is 30.4. The lowest BCUT2D eigenvalue weighted by Crippen LogP contribution is -2.46. The summed E-state index contributed by atoms with van der Waals surface area (Å²) in [7, 11) is -3.17. The maximum absolute atomic E-state index is 13.5. The van der Waals surface area contributed by atoms with Gasteiger partial charge in [0.1, 0.15) is 5.75 Å². The minimum Gasteiger partial charge on any atom is -0.481 e. The van der Waals surface area contributed by atoms with Crippen molar-refractivity contribution in [3.8, 4) is 16.9 Å². The lowest BCUT2D eigenvalue weighted by molar-refractivity contribution is -0.140. The molecule has 5 nitrogen and oxygen atoms in total. The lowest BCUT2D eigenvalue weighted by Gasteiger charge is -2.31. The van der Waals surface area contributed by atoms with Crippen LogP contribution >= 0.6 is 23.2 Å². The first-order valence-corrected chi connectivity index (χ1v) is 14.5. The van der Waals surface area contributed by atoms with E-state index in [1.165, 1.54) is 5.56 Å². The van der Waals surface area contributed by atoms with Gasteiger partial charge in [0.25, 0.3) is 5.91 Å². The monoisotopic (exact) mass is 545 g/mol. The van der Waals surface area contributed by atoms with Crippen LogP contribution in [0.3, 0.4) is 0 Å². The third kappa shape index (κ3) is 6.41. The molecule has 1 amide bonds. The molecule has 1 heterocycles. The zero-order chi connectivity index (χ0) is 25.9. The molecule has 0 N–H and O–H groups in total. The Hall–Kier alpha value is -2.54. The number of benzene rings is 3. The van der Waals surface area contributed by atoms with Gasteiger partial charge >= 0.3 is 0 Å². The largest absolute Gasteiger partial charge is 0.481 e. The van der Waals surface area contributed by atoms with Gasteiger partial charge in [0.05, 0.1) is 11.5 Å². The number of carbonyl (C=O) groups excluding carboxylic acids is 1. The number of sulfone groups is 1. The maximum Gasteiger partial charge on any atom is 0.263 e. The number of halogens is 2. The van der Waals surface area contributed by atoms with Gasteiger partial charge in [-0.2, -0.15) is 0 Å². The van der Waals surface area contributed by atoms with Gasteiger partial charge in [-0.3, -0.25) is 4.79 Å². The Balaban J connectivity index is 1.53. The zero-order valence-corrected chi connectivity index (χ0v) is 22.6. The first-order chi connectivity index (χ1) is 17.1. The van der Waals surface area contributed by atoms with Crippen LogP contribution in [0.4, 0.5) is 0 Å². The van der Waals surface area contributed by atoms with Crippen LogP contribution in [0, 0.1) is 0 Å². The van der Waals surface area contributed by atoms with E-state index < -0.39 is 15.9 Å². The molecule has 0 aliphatic carbocycles. The molecule has 36 heavy (non-hydrogen) atoms. The van der Waals surface area contributed by atoms with Crippen molar-refractivity contribution >= 4 is 38.9 Å². The number of hydrogen-bond donors (Lipinski definition) is 0. The van der Waals surface area contributed by atoms with Crippen LogP contribution < -0.4 is 4.74 Å². The molecule has 2 unspecified atom stereocenters. The Morgan fingerprint density at radius 2 is 1.69 bits per heavy atom. The zero-order valence-electron chi connectivity index (χ0n) is 20.3. The van der Waals surface area contributed by atoms with Crippen LogP contribution in [0.2, 0.25) is 10.0 Å². The van der Waals surface area contributed by atoms with Crippen molar-refractivity contribution in [2.75, 3.05) is 11.5 Å². The Morgan fingerprint density at radius 3 is 2.28 bits per heavy atom. The second-order valence-electron chi connectivity index (χ2n) is 9.10. The number of ether oxygens (including phenoxy) is 1. The molecule has 2 atom stereocenters. The Bertz CT molecular complexity index is 1320. The Morgan fingerprint density at radius 1 is 1.03 bits per heavy atom. The molecule has 1 fully saturated rings. The summed E-state index contributed by atoms with van der Waals surface area (Å²) >= 11 is 12.4. The number of amides is 1. The van der Waals surface area contributed by atoms with Gasteiger partial charge in [0.15, 0.2) is 15.9 Å². The standard InChI is InChI=1S/C28H29Cl2NO4S/c1-3-20-6-11-25(12-7-20)35-19(2)28(32)31(24-14-15-36(33,34)18-24)17-21-4-8-22(9-5-21)26-13-10-23(29)16-27(26)30/h4-13,16,19,24H,3,14-15,17-18H2,1-2H3. The fourth-order valence-electron chi connectivity index (χ4n) is 4.41.